The molecular formula is C15H18N4O. The van der Waals surface area contributed by atoms with Crippen molar-refractivity contribution in [3.8, 4) is 0 Å². The van der Waals surface area contributed by atoms with E-state index in [0.29, 0.717) is 18.2 Å². The Morgan fingerprint density at radius 2 is 2.05 bits per heavy atom. The number of carbonyl (C=O) groups excluding carboxylic acids is 1. The van der Waals surface area contributed by atoms with Crippen molar-refractivity contribution in [1.82, 2.24) is 15.0 Å². The molecule has 2 N–H and O–H groups in total. The van der Waals surface area contributed by atoms with Crippen LogP contribution in [-0.2, 0) is 13.1 Å². The molecule has 0 bridgehead atoms. The highest BCUT2D eigenvalue weighted by Gasteiger charge is 2.19. The molecule has 104 valence electrons. The number of hydrogen-bond acceptors (Lipinski definition) is 4. The lowest BCUT2D eigenvalue weighted by Crippen LogP contribution is -2.12. The van der Waals surface area contributed by atoms with Crippen molar-refractivity contribution in [2.75, 3.05) is 0 Å². The molecule has 2 aromatic rings. The summed E-state index contributed by atoms with van der Waals surface area (Å²) in [5, 5.41) is 7.76. The van der Waals surface area contributed by atoms with Gasteiger partial charge in [0.25, 0.3) is 0 Å². The summed E-state index contributed by atoms with van der Waals surface area (Å²) in [6.45, 7) is 0.542. The van der Waals surface area contributed by atoms with Crippen LogP contribution in [0.15, 0.2) is 30.5 Å². The number of aromatic nitrogens is 3. The third-order valence-electron chi connectivity index (χ3n) is 3.91. The van der Waals surface area contributed by atoms with E-state index in [1.54, 1.807) is 6.20 Å². The second-order valence-corrected chi connectivity index (χ2v) is 5.28. The number of nitrogens with two attached hydrogens (primary N) is 1. The van der Waals surface area contributed by atoms with Crippen LogP contribution < -0.4 is 5.73 Å². The predicted molar refractivity (Wildman–Crippen MR) is 75.3 cm³/mol. The van der Waals surface area contributed by atoms with Gasteiger partial charge in [0.1, 0.15) is 6.54 Å². The summed E-state index contributed by atoms with van der Waals surface area (Å²) >= 11 is 0. The average molecular weight is 270 g/mol. The Hall–Kier alpha value is -2.01. The molecule has 0 radical (unpaired) electrons. The Morgan fingerprint density at radius 3 is 2.60 bits per heavy atom. The highest BCUT2D eigenvalue weighted by atomic mass is 16.1. The molecule has 5 heteroatoms. The maximum absolute atomic E-state index is 12.2. The third kappa shape index (κ3) is 2.63. The van der Waals surface area contributed by atoms with Crippen LogP contribution in [0.3, 0.4) is 0 Å². The molecule has 5 nitrogen and oxygen atoms in total. The zero-order chi connectivity index (χ0) is 13.9. The minimum atomic E-state index is 0.0404. The molecule has 0 saturated heterocycles. The number of nitrogens with zero attached hydrogens (tertiary/aromatic N) is 3. The van der Waals surface area contributed by atoms with Crippen LogP contribution in [0.4, 0.5) is 0 Å². The number of hydrogen-bond donors (Lipinski definition) is 1. The van der Waals surface area contributed by atoms with Gasteiger partial charge in [-0.25, -0.2) is 4.68 Å². The fourth-order valence-corrected chi connectivity index (χ4v) is 2.43. The first-order valence-electron chi connectivity index (χ1n) is 6.98. The minimum absolute atomic E-state index is 0.0404. The largest absolute Gasteiger partial charge is 0.325 e. The number of rotatable bonds is 5. The third-order valence-corrected chi connectivity index (χ3v) is 3.91. The summed E-state index contributed by atoms with van der Waals surface area (Å²) < 4.78 is 1.53. The van der Waals surface area contributed by atoms with E-state index in [9.17, 15) is 4.79 Å². The van der Waals surface area contributed by atoms with Crippen LogP contribution in [0, 0.1) is 0 Å². The van der Waals surface area contributed by atoms with Crippen LogP contribution >= 0.6 is 0 Å². The summed E-state index contributed by atoms with van der Waals surface area (Å²) in [4.78, 5) is 12.2. The Balaban J connectivity index is 1.67. The van der Waals surface area contributed by atoms with Crippen LogP contribution in [0.25, 0.3) is 0 Å². The Kier molecular flexibility index (Phi) is 3.60. The van der Waals surface area contributed by atoms with E-state index >= 15 is 0 Å². The first-order chi connectivity index (χ1) is 9.76. The molecule has 1 aliphatic rings. The van der Waals surface area contributed by atoms with Gasteiger partial charge in [-0.15, -0.1) is 5.10 Å². The molecule has 1 heterocycles. The van der Waals surface area contributed by atoms with Gasteiger partial charge in [-0.2, -0.15) is 0 Å². The van der Waals surface area contributed by atoms with Crippen molar-refractivity contribution in [3.63, 3.8) is 0 Å². The summed E-state index contributed by atoms with van der Waals surface area (Å²) in [6, 6.07) is 7.97. The molecule has 1 aromatic carbocycles. The highest BCUT2D eigenvalue weighted by molar-refractivity contribution is 5.95. The van der Waals surface area contributed by atoms with E-state index in [1.165, 1.54) is 29.5 Å². The van der Waals surface area contributed by atoms with E-state index in [1.807, 2.05) is 12.1 Å². The first-order valence-corrected chi connectivity index (χ1v) is 6.98. The van der Waals surface area contributed by atoms with Gasteiger partial charge in [0.2, 0.25) is 0 Å². The minimum Gasteiger partial charge on any atom is -0.325 e. The fraction of sp³-hybridized carbons (Fsp3) is 0.400. The van der Waals surface area contributed by atoms with Gasteiger partial charge in [-0.05, 0) is 24.3 Å². The second kappa shape index (κ2) is 5.54. The van der Waals surface area contributed by atoms with Crippen LogP contribution in [0.1, 0.15) is 46.8 Å². The standard InChI is InChI=1S/C15H18N4O/c16-8-14-9-19(18-17-14)10-15(20)13-6-4-12(5-7-13)11-2-1-3-11/h4-7,9,11H,1-3,8,10,16H2. The number of Topliss-reactive ketones (excluding diaryl/α,β-unsaturated/α-hetero) is 1. The summed E-state index contributed by atoms with van der Waals surface area (Å²) in [5.74, 6) is 0.736. The lowest BCUT2D eigenvalue weighted by molar-refractivity contribution is 0.0967. The van der Waals surface area contributed by atoms with Crippen molar-refractivity contribution in [3.05, 3.63) is 47.3 Å². The molecule has 1 fully saturated rings. The molecule has 3 rings (SSSR count). The lowest BCUT2D eigenvalue weighted by Gasteiger charge is -2.25. The van der Waals surface area contributed by atoms with E-state index in [0.717, 1.165) is 5.56 Å². The molecule has 1 aliphatic carbocycles. The Morgan fingerprint density at radius 1 is 1.30 bits per heavy atom. The average Bonchev–Trinajstić information content (AvgIpc) is 2.85. The molecule has 20 heavy (non-hydrogen) atoms. The van der Waals surface area contributed by atoms with Crippen molar-refractivity contribution in [2.24, 2.45) is 5.73 Å². The van der Waals surface area contributed by atoms with Gasteiger partial charge in [0.15, 0.2) is 5.78 Å². The van der Waals surface area contributed by atoms with Crippen molar-refractivity contribution < 1.29 is 4.79 Å². The summed E-state index contributed by atoms with van der Waals surface area (Å²) in [5.41, 5.74) is 8.23. The molecular weight excluding hydrogens is 252 g/mol. The smallest absolute Gasteiger partial charge is 0.184 e. The van der Waals surface area contributed by atoms with E-state index in [-0.39, 0.29) is 12.3 Å². The van der Waals surface area contributed by atoms with Gasteiger partial charge in [0.05, 0.1) is 11.9 Å². The maximum Gasteiger partial charge on any atom is 0.184 e. The number of benzene rings is 1. The zero-order valence-corrected chi connectivity index (χ0v) is 11.3. The van der Waals surface area contributed by atoms with E-state index < -0.39 is 0 Å². The summed E-state index contributed by atoms with van der Waals surface area (Å²) in [6.07, 6.45) is 5.57. The molecule has 1 saturated carbocycles. The van der Waals surface area contributed by atoms with E-state index in [2.05, 4.69) is 22.4 Å². The van der Waals surface area contributed by atoms with Crippen molar-refractivity contribution >= 4 is 5.78 Å². The van der Waals surface area contributed by atoms with E-state index in [4.69, 9.17) is 5.73 Å². The van der Waals surface area contributed by atoms with Crippen LogP contribution in [0.2, 0.25) is 0 Å². The van der Waals surface area contributed by atoms with Gasteiger partial charge in [-0.3, -0.25) is 4.79 Å². The van der Waals surface area contributed by atoms with Crippen molar-refractivity contribution in [2.45, 2.75) is 38.3 Å². The monoisotopic (exact) mass is 270 g/mol. The van der Waals surface area contributed by atoms with Crippen LogP contribution in [0.5, 0.6) is 0 Å². The fourth-order valence-electron chi connectivity index (χ4n) is 2.43. The zero-order valence-electron chi connectivity index (χ0n) is 11.3. The van der Waals surface area contributed by atoms with Gasteiger partial charge >= 0.3 is 0 Å². The quantitative estimate of drug-likeness (QED) is 0.842. The van der Waals surface area contributed by atoms with Crippen molar-refractivity contribution in [1.29, 1.82) is 0 Å². The molecule has 1 aromatic heterocycles. The topological polar surface area (TPSA) is 73.8 Å². The number of carbonyl (C=O) groups is 1. The molecule has 0 atom stereocenters. The number of ketones is 1. The molecule has 0 unspecified atom stereocenters. The maximum atomic E-state index is 12.2. The van der Waals surface area contributed by atoms with Crippen LogP contribution in [-0.4, -0.2) is 20.8 Å². The van der Waals surface area contributed by atoms with Gasteiger partial charge < -0.3 is 5.73 Å². The van der Waals surface area contributed by atoms with Gasteiger partial charge in [-0.1, -0.05) is 35.9 Å². The summed E-state index contributed by atoms with van der Waals surface area (Å²) in [7, 11) is 0. The van der Waals surface area contributed by atoms with Gasteiger partial charge in [0, 0.05) is 12.1 Å². The molecule has 0 spiro atoms. The molecule has 0 aliphatic heterocycles. The Bertz CT molecular complexity index is 599. The normalized spacial score (nSPS) is 15.1. The highest BCUT2D eigenvalue weighted by Crippen LogP contribution is 2.36. The lowest BCUT2D eigenvalue weighted by atomic mass is 9.80. The predicted octanol–water partition coefficient (Wildman–Crippen LogP) is 1.89. The SMILES string of the molecule is NCc1cn(CC(=O)c2ccc(C3CCC3)cc2)nn1. The Labute approximate surface area is 117 Å². The molecule has 0 amide bonds. The second-order valence-electron chi connectivity index (χ2n) is 5.28. The first kappa shape index (κ1) is 13.0.